The Morgan fingerprint density at radius 2 is 1.81 bits per heavy atom. The van der Waals surface area contributed by atoms with E-state index in [4.69, 9.17) is 0 Å². The summed E-state index contributed by atoms with van der Waals surface area (Å²) < 4.78 is 13.1. The number of hydrogen-bond acceptors (Lipinski definition) is 3. The van der Waals surface area contributed by atoms with E-state index < -0.39 is 0 Å². The van der Waals surface area contributed by atoms with E-state index in [0.717, 1.165) is 11.1 Å². The Morgan fingerprint density at radius 1 is 1.12 bits per heavy atom. The average molecular weight is 353 g/mol. The molecule has 1 aliphatic rings. The largest absolute Gasteiger partial charge is 0.310 e. The van der Waals surface area contributed by atoms with Gasteiger partial charge in [-0.05, 0) is 55.3 Å². The zero-order valence-corrected chi connectivity index (χ0v) is 15.0. The van der Waals surface area contributed by atoms with Crippen molar-refractivity contribution >= 4 is 28.9 Å². The maximum absolute atomic E-state index is 13.1. The Labute approximate surface area is 151 Å². The van der Waals surface area contributed by atoms with Gasteiger partial charge < -0.3 is 4.90 Å². The number of nitrogens with zero attached hydrogens (tertiary/aromatic N) is 3. The van der Waals surface area contributed by atoms with Crippen LogP contribution >= 0.6 is 0 Å². The van der Waals surface area contributed by atoms with Crippen LogP contribution in [0.2, 0.25) is 0 Å². The van der Waals surface area contributed by atoms with E-state index in [1.165, 1.54) is 34.2 Å². The van der Waals surface area contributed by atoms with Gasteiger partial charge in [0.1, 0.15) is 11.5 Å². The van der Waals surface area contributed by atoms with E-state index in [-0.39, 0.29) is 30.5 Å². The van der Waals surface area contributed by atoms with Crippen molar-refractivity contribution in [2.24, 2.45) is 5.10 Å². The van der Waals surface area contributed by atoms with Gasteiger partial charge in [-0.3, -0.25) is 9.59 Å². The molecule has 0 fully saturated rings. The lowest BCUT2D eigenvalue weighted by atomic mass is 10.1. The molecule has 0 radical (unpaired) electrons. The minimum absolute atomic E-state index is 0.139. The Balaban J connectivity index is 1.91. The van der Waals surface area contributed by atoms with Crippen LogP contribution in [0.4, 0.5) is 15.8 Å². The minimum atomic E-state index is -0.365. The highest BCUT2D eigenvalue weighted by Gasteiger charge is 2.28. The SMILES string of the molecule is Cc1ccc(C)c(N2N=C(C(=O)N(C)c3ccc(F)cc3)CCC2=O)c1. The zero-order valence-electron chi connectivity index (χ0n) is 15.0. The predicted molar refractivity (Wildman–Crippen MR) is 99.9 cm³/mol. The van der Waals surface area contributed by atoms with Gasteiger partial charge in [-0.2, -0.15) is 5.10 Å². The number of halogens is 1. The molecule has 26 heavy (non-hydrogen) atoms. The second kappa shape index (κ2) is 7.07. The molecule has 0 saturated carbocycles. The van der Waals surface area contributed by atoms with Crippen molar-refractivity contribution in [1.29, 1.82) is 0 Å². The summed E-state index contributed by atoms with van der Waals surface area (Å²) in [6, 6.07) is 11.4. The summed E-state index contributed by atoms with van der Waals surface area (Å²) in [7, 11) is 1.61. The average Bonchev–Trinajstić information content (AvgIpc) is 2.64. The smallest absolute Gasteiger partial charge is 0.274 e. The fraction of sp³-hybridized carbons (Fsp3) is 0.250. The van der Waals surface area contributed by atoms with Crippen LogP contribution in [0.5, 0.6) is 0 Å². The molecule has 0 aliphatic carbocycles. The van der Waals surface area contributed by atoms with E-state index >= 15 is 0 Å². The number of carbonyl (C=O) groups is 2. The number of anilines is 2. The lowest BCUT2D eigenvalue weighted by Crippen LogP contribution is -2.40. The number of amides is 2. The summed E-state index contributed by atoms with van der Waals surface area (Å²) in [5, 5.41) is 5.65. The van der Waals surface area contributed by atoms with Crippen molar-refractivity contribution in [2.75, 3.05) is 17.0 Å². The molecule has 6 heteroatoms. The maximum atomic E-state index is 13.1. The highest BCUT2D eigenvalue weighted by atomic mass is 19.1. The highest BCUT2D eigenvalue weighted by Crippen LogP contribution is 2.26. The molecule has 0 atom stereocenters. The number of benzene rings is 2. The van der Waals surface area contributed by atoms with Gasteiger partial charge in [0.25, 0.3) is 5.91 Å². The van der Waals surface area contributed by atoms with Gasteiger partial charge in [0.2, 0.25) is 5.91 Å². The first-order valence-corrected chi connectivity index (χ1v) is 8.38. The Morgan fingerprint density at radius 3 is 2.50 bits per heavy atom. The second-order valence-corrected chi connectivity index (χ2v) is 6.38. The van der Waals surface area contributed by atoms with Gasteiger partial charge >= 0.3 is 0 Å². The van der Waals surface area contributed by atoms with Crippen LogP contribution in [0.1, 0.15) is 24.0 Å². The standard InChI is InChI=1S/C20H20FN3O2/c1-13-4-5-14(2)18(12-13)24-19(25)11-10-17(22-24)20(26)23(3)16-8-6-15(21)7-9-16/h4-9,12H,10-11H2,1-3H3. The van der Waals surface area contributed by atoms with Crippen molar-refractivity contribution in [3.8, 4) is 0 Å². The summed E-state index contributed by atoms with van der Waals surface area (Å²) in [6.45, 7) is 3.84. The van der Waals surface area contributed by atoms with Gasteiger partial charge in [0, 0.05) is 25.6 Å². The summed E-state index contributed by atoms with van der Waals surface area (Å²) in [5.74, 6) is -0.810. The fourth-order valence-corrected chi connectivity index (χ4v) is 2.82. The van der Waals surface area contributed by atoms with Gasteiger partial charge in [-0.15, -0.1) is 0 Å². The number of hydrazone groups is 1. The van der Waals surface area contributed by atoms with Crippen LogP contribution in [-0.4, -0.2) is 24.6 Å². The molecule has 2 aromatic carbocycles. The van der Waals surface area contributed by atoms with Crippen molar-refractivity contribution in [1.82, 2.24) is 0 Å². The Bertz CT molecular complexity index is 890. The van der Waals surface area contributed by atoms with Crippen molar-refractivity contribution in [3.05, 3.63) is 59.4 Å². The van der Waals surface area contributed by atoms with Crippen LogP contribution in [0.25, 0.3) is 0 Å². The molecular weight excluding hydrogens is 333 g/mol. The number of aryl methyl sites for hydroxylation is 2. The van der Waals surface area contributed by atoms with E-state index in [2.05, 4.69) is 5.10 Å². The van der Waals surface area contributed by atoms with Crippen LogP contribution in [0.15, 0.2) is 47.6 Å². The summed E-state index contributed by atoms with van der Waals surface area (Å²) in [5.41, 5.74) is 3.47. The van der Waals surface area contributed by atoms with Crippen LogP contribution in [0, 0.1) is 19.7 Å². The molecule has 1 heterocycles. The summed E-state index contributed by atoms with van der Waals surface area (Å²) in [6.07, 6.45) is 0.500. The van der Waals surface area contributed by atoms with E-state index in [1.54, 1.807) is 7.05 Å². The van der Waals surface area contributed by atoms with Gasteiger partial charge in [0.15, 0.2) is 0 Å². The molecule has 1 aliphatic heterocycles. The van der Waals surface area contributed by atoms with Gasteiger partial charge in [0.05, 0.1) is 5.69 Å². The molecule has 2 amide bonds. The molecule has 0 saturated heterocycles. The third-order valence-electron chi connectivity index (χ3n) is 4.39. The van der Waals surface area contributed by atoms with Crippen molar-refractivity contribution in [2.45, 2.75) is 26.7 Å². The fourth-order valence-electron chi connectivity index (χ4n) is 2.82. The first-order valence-electron chi connectivity index (χ1n) is 8.38. The van der Waals surface area contributed by atoms with Crippen molar-refractivity contribution in [3.63, 3.8) is 0 Å². The lowest BCUT2D eigenvalue weighted by Gasteiger charge is -2.26. The Hall–Kier alpha value is -3.02. The first-order chi connectivity index (χ1) is 12.4. The topological polar surface area (TPSA) is 53.0 Å². The molecule has 0 spiro atoms. The van der Waals surface area contributed by atoms with Crippen molar-refractivity contribution < 1.29 is 14.0 Å². The molecular formula is C20H20FN3O2. The summed E-state index contributed by atoms with van der Waals surface area (Å²) >= 11 is 0. The number of hydrogen-bond donors (Lipinski definition) is 0. The number of rotatable bonds is 3. The van der Waals surface area contributed by atoms with Gasteiger partial charge in [-0.1, -0.05) is 12.1 Å². The molecule has 0 aromatic heterocycles. The third-order valence-corrected chi connectivity index (χ3v) is 4.39. The first kappa shape index (κ1) is 17.8. The maximum Gasteiger partial charge on any atom is 0.274 e. The molecule has 0 bridgehead atoms. The monoisotopic (exact) mass is 353 g/mol. The van der Waals surface area contributed by atoms with E-state index in [0.29, 0.717) is 17.1 Å². The molecule has 5 nitrogen and oxygen atoms in total. The molecule has 3 rings (SSSR count). The quantitative estimate of drug-likeness (QED) is 0.847. The summed E-state index contributed by atoms with van der Waals surface area (Å²) in [4.78, 5) is 26.6. The second-order valence-electron chi connectivity index (χ2n) is 6.38. The van der Waals surface area contributed by atoms with Gasteiger partial charge in [-0.25, -0.2) is 9.40 Å². The molecule has 2 aromatic rings. The molecule has 0 N–H and O–H groups in total. The van der Waals surface area contributed by atoms with Crippen LogP contribution in [0.3, 0.4) is 0 Å². The van der Waals surface area contributed by atoms with Crippen LogP contribution in [-0.2, 0) is 9.59 Å². The molecule has 134 valence electrons. The lowest BCUT2D eigenvalue weighted by molar-refractivity contribution is -0.118. The zero-order chi connectivity index (χ0) is 18.8. The predicted octanol–water partition coefficient (Wildman–Crippen LogP) is 3.59. The van der Waals surface area contributed by atoms with E-state index in [9.17, 15) is 14.0 Å². The van der Waals surface area contributed by atoms with E-state index in [1.807, 2.05) is 32.0 Å². The Kier molecular flexibility index (Phi) is 4.84. The van der Waals surface area contributed by atoms with Crippen LogP contribution < -0.4 is 9.91 Å². The normalized spacial score (nSPS) is 14.2. The highest BCUT2D eigenvalue weighted by molar-refractivity contribution is 6.44. The number of carbonyl (C=O) groups excluding carboxylic acids is 2. The molecule has 0 unspecified atom stereocenters. The minimum Gasteiger partial charge on any atom is -0.310 e. The third kappa shape index (κ3) is 3.49.